The van der Waals surface area contributed by atoms with E-state index in [1.54, 1.807) is 11.0 Å². The maximum Gasteiger partial charge on any atom is 0.335 e. The van der Waals surface area contributed by atoms with Gasteiger partial charge in [0.1, 0.15) is 17.3 Å². The fourth-order valence-corrected chi connectivity index (χ4v) is 1.91. The van der Waals surface area contributed by atoms with E-state index in [0.29, 0.717) is 6.54 Å². The van der Waals surface area contributed by atoms with Crippen molar-refractivity contribution >= 4 is 11.7 Å². The molecule has 5 heteroatoms. The molecule has 1 saturated carbocycles. The molecule has 2 rings (SSSR count). The van der Waals surface area contributed by atoms with Gasteiger partial charge in [0.25, 0.3) is 0 Å². The quantitative estimate of drug-likeness (QED) is 0.820. The fraction of sp³-hybridized carbons (Fsp3) is 0.308. The summed E-state index contributed by atoms with van der Waals surface area (Å²) >= 11 is 0. The maximum atomic E-state index is 13.9. The SMILES string of the molecule is C=CCN(c1c(F)cc(C(=O)O)cc1F)C1CC1. The molecule has 0 heterocycles. The van der Waals surface area contributed by atoms with Crippen molar-refractivity contribution in [3.05, 3.63) is 42.0 Å². The van der Waals surface area contributed by atoms with Gasteiger partial charge >= 0.3 is 5.97 Å². The molecule has 1 aliphatic rings. The number of aromatic carboxylic acids is 1. The van der Waals surface area contributed by atoms with Gasteiger partial charge in [-0.25, -0.2) is 13.6 Å². The van der Waals surface area contributed by atoms with E-state index in [1.165, 1.54) is 0 Å². The Balaban J connectivity index is 2.42. The van der Waals surface area contributed by atoms with Crippen molar-refractivity contribution in [2.45, 2.75) is 18.9 Å². The van der Waals surface area contributed by atoms with Gasteiger partial charge in [0.05, 0.1) is 5.56 Å². The molecule has 3 nitrogen and oxygen atoms in total. The van der Waals surface area contributed by atoms with E-state index >= 15 is 0 Å². The highest BCUT2D eigenvalue weighted by Crippen LogP contribution is 2.35. The van der Waals surface area contributed by atoms with Crippen LogP contribution in [0.2, 0.25) is 0 Å². The third-order valence-electron chi connectivity index (χ3n) is 2.86. The summed E-state index contributed by atoms with van der Waals surface area (Å²) in [7, 11) is 0. The number of carboxylic acids is 1. The predicted molar refractivity (Wildman–Crippen MR) is 63.9 cm³/mol. The molecule has 0 amide bonds. The molecule has 1 aromatic rings. The highest BCUT2D eigenvalue weighted by Gasteiger charge is 2.32. The Bertz CT molecular complexity index is 475. The van der Waals surface area contributed by atoms with Crippen LogP contribution in [0.5, 0.6) is 0 Å². The largest absolute Gasteiger partial charge is 0.478 e. The molecule has 0 unspecified atom stereocenters. The molecule has 0 bridgehead atoms. The summed E-state index contributed by atoms with van der Waals surface area (Å²) in [6, 6.07) is 1.81. The Hall–Kier alpha value is -1.91. The molecule has 0 aliphatic heterocycles. The number of hydrogen-bond donors (Lipinski definition) is 1. The van der Waals surface area contributed by atoms with Crippen molar-refractivity contribution in [2.75, 3.05) is 11.4 Å². The van der Waals surface area contributed by atoms with Crippen molar-refractivity contribution in [3.8, 4) is 0 Å². The van der Waals surface area contributed by atoms with Crippen LogP contribution >= 0.6 is 0 Å². The van der Waals surface area contributed by atoms with Crippen LogP contribution in [0.1, 0.15) is 23.2 Å². The monoisotopic (exact) mass is 253 g/mol. The Labute approximate surface area is 103 Å². The zero-order valence-corrected chi connectivity index (χ0v) is 9.70. The molecule has 1 aromatic carbocycles. The normalized spacial score (nSPS) is 14.3. The van der Waals surface area contributed by atoms with Gasteiger partial charge in [-0.15, -0.1) is 6.58 Å². The summed E-state index contributed by atoms with van der Waals surface area (Å²) < 4.78 is 27.7. The predicted octanol–water partition coefficient (Wildman–Crippen LogP) is 2.82. The van der Waals surface area contributed by atoms with Crippen LogP contribution in [-0.2, 0) is 0 Å². The van der Waals surface area contributed by atoms with Crippen LogP contribution in [-0.4, -0.2) is 23.7 Å². The second-order valence-electron chi connectivity index (χ2n) is 4.27. The van der Waals surface area contributed by atoms with Crippen LogP contribution < -0.4 is 4.90 Å². The molecule has 1 fully saturated rings. The minimum Gasteiger partial charge on any atom is -0.478 e. The number of carbonyl (C=O) groups is 1. The van der Waals surface area contributed by atoms with Crippen LogP contribution in [0, 0.1) is 11.6 Å². The summed E-state index contributed by atoms with van der Waals surface area (Å²) in [5.74, 6) is -3.04. The molecule has 0 atom stereocenters. The maximum absolute atomic E-state index is 13.9. The molecule has 1 aliphatic carbocycles. The molecule has 96 valence electrons. The first-order valence-electron chi connectivity index (χ1n) is 5.64. The average molecular weight is 253 g/mol. The molecule has 0 radical (unpaired) electrons. The van der Waals surface area contributed by atoms with Crippen molar-refractivity contribution in [3.63, 3.8) is 0 Å². The zero-order valence-electron chi connectivity index (χ0n) is 9.70. The smallest absolute Gasteiger partial charge is 0.335 e. The van der Waals surface area contributed by atoms with E-state index in [-0.39, 0.29) is 17.3 Å². The highest BCUT2D eigenvalue weighted by atomic mass is 19.1. The third-order valence-corrected chi connectivity index (χ3v) is 2.86. The summed E-state index contributed by atoms with van der Waals surface area (Å²) in [6.45, 7) is 3.90. The number of hydrogen-bond acceptors (Lipinski definition) is 2. The topological polar surface area (TPSA) is 40.5 Å². The Morgan fingerprint density at radius 1 is 1.44 bits per heavy atom. The Morgan fingerprint density at radius 3 is 2.39 bits per heavy atom. The second kappa shape index (κ2) is 4.76. The summed E-state index contributed by atoms with van der Waals surface area (Å²) in [6.07, 6.45) is 3.34. The molecule has 0 aromatic heterocycles. The van der Waals surface area contributed by atoms with Gasteiger partial charge in [-0.1, -0.05) is 6.08 Å². The van der Waals surface area contributed by atoms with Crippen molar-refractivity contribution in [1.82, 2.24) is 0 Å². The molecule has 0 spiro atoms. The molecule has 1 N–H and O–H groups in total. The van der Waals surface area contributed by atoms with E-state index in [2.05, 4.69) is 6.58 Å². The first-order valence-corrected chi connectivity index (χ1v) is 5.64. The highest BCUT2D eigenvalue weighted by molar-refractivity contribution is 5.88. The van der Waals surface area contributed by atoms with Crippen molar-refractivity contribution < 1.29 is 18.7 Å². The summed E-state index contributed by atoms with van der Waals surface area (Å²) in [5, 5.41) is 8.72. The first kappa shape index (κ1) is 12.5. The van der Waals surface area contributed by atoms with Gasteiger partial charge in [-0.2, -0.15) is 0 Å². The van der Waals surface area contributed by atoms with E-state index in [1.807, 2.05) is 0 Å². The lowest BCUT2D eigenvalue weighted by Crippen LogP contribution is -2.28. The molecular weight excluding hydrogens is 240 g/mol. The van der Waals surface area contributed by atoms with Gasteiger partial charge in [0.2, 0.25) is 0 Å². The number of halogens is 2. The summed E-state index contributed by atoms with van der Waals surface area (Å²) in [4.78, 5) is 12.3. The number of anilines is 1. The van der Waals surface area contributed by atoms with Gasteiger partial charge in [-0.3, -0.25) is 0 Å². The van der Waals surface area contributed by atoms with Crippen LogP contribution in [0.15, 0.2) is 24.8 Å². The van der Waals surface area contributed by atoms with Gasteiger partial charge in [0, 0.05) is 12.6 Å². The van der Waals surface area contributed by atoms with Crippen LogP contribution in [0.3, 0.4) is 0 Å². The number of benzene rings is 1. The molecule has 0 saturated heterocycles. The lowest BCUT2D eigenvalue weighted by Gasteiger charge is -2.24. The Morgan fingerprint density at radius 2 is 2.00 bits per heavy atom. The number of nitrogens with zero attached hydrogens (tertiary/aromatic N) is 1. The van der Waals surface area contributed by atoms with Gasteiger partial charge < -0.3 is 10.0 Å². The summed E-state index contributed by atoms with van der Waals surface area (Å²) in [5.41, 5.74) is -0.550. The second-order valence-corrected chi connectivity index (χ2v) is 4.27. The average Bonchev–Trinajstić information content (AvgIpc) is 3.10. The lowest BCUT2D eigenvalue weighted by molar-refractivity contribution is 0.0696. The minimum absolute atomic E-state index is 0.114. The number of carboxylic acid groups (broad SMARTS) is 1. The van der Waals surface area contributed by atoms with E-state index < -0.39 is 17.6 Å². The third kappa shape index (κ3) is 2.34. The number of rotatable bonds is 5. The van der Waals surface area contributed by atoms with Crippen molar-refractivity contribution in [1.29, 1.82) is 0 Å². The first-order chi connectivity index (χ1) is 8.54. The van der Waals surface area contributed by atoms with Crippen LogP contribution in [0.25, 0.3) is 0 Å². The lowest BCUT2D eigenvalue weighted by atomic mass is 10.1. The van der Waals surface area contributed by atoms with Crippen LogP contribution in [0.4, 0.5) is 14.5 Å². The van der Waals surface area contributed by atoms with Gasteiger partial charge in [0.15, 0.2) is 0 Å². The molecule has 18 heavy (non-hydrogen) atoms. The Kier molecular flexibility index (Phi) is 3.32. The van der Waals surface area contributed by atoms with E-state index in [9.17, 15) is 13.6 Å². The van der Waals surface area contributed by atoms with E-state index in [0.717, 1.165) is 25.0 Å². The molecular formula is C13H13F2NO2. The standard InChI is InChI=1S/C13H13F2NO2/c1-2-5-16(9-3-4-9)12-10(14)6-8(13(17)18)7-11(12)15/h2,6-7,9H,1,3-5H2,(H,17,18). The van der Waals surface area contributed by atoms with E-state index in [4.69, 9.17) is 5.11 Å². The minimum atomic E-state index is -1.35. The fourth-order valence-electron chi connectivity index (χ4n) is 1.91. The van der Waals surface area contributed by atoms with Gasteiger partial charge in [-0.05, 0) is 25.0 Å². The zero-order chi connectivity index (χ0) is 13.3. The van der Waals surface area contributed by atoms with Crippen molar-refractivity contribution in [2.24, 2.45) is 0 Å².